The van der Waals surface area contributed by atoms with E-state index in [9.17, 15) is 9.59 Å². The highest BCUT2D eigenvalue weighted by Crippen LogP contribution is 2.30. The Balaban J connectivity index is 1.56. The van der Waals surface area contributed by atoms with Crippen LogP contribution in [0.15, 0.2) is 53.0 Å². The molecule has 0 unspecified atom stereocenters. The molecule has 5 nitrogen and oxygen atoms in total. The molecule has 26 heavy (non-hydrogen) atoms. The maximum atomic E-state index is 12.3. The van der Waals surface area contributed by atoms with Crippen LogP contribution in [-0.4, -0.2) is 41.6 Å². The summed E-state index contributed by atoms with van der Waals surface area (Å²) in [6.07, 6.45) is 0.993. The number of piperidine rings is 1. The van der Waals surface area contributed by atoms with Gasteiger partial charge in [-0.15, -0.1) is 0 Å². The summed E-state index contributed by atoms with van der Waals surface area (Å²) in [6, 6.07) is 15.8. The second-order valence-electron chi connectivity index (χ2n) is 6.29. The minimum atomic E-state index is -0.782. The number of halogens is 1. The van der Waals surface area contributed by atoms with Crippen LogP contribution in [-0.2, 0) is 9.59 Å². The molecule has 1 fully saturated rings. The summed E-state index contributed by atoms with van der Waals surface area (Å²) in [4.78, 5) is 24.9. The third-order valence-electron chi connectivity index (χ3n) is 4.59. The van der Waals surface area contributed by atoms with Crippen molar-refractivity contribution in [2.75, 3.05) is 19.7 Å². The highest BCUT2D eigenvalue weighted by Gasteiger charge is 2.27. The van der Waals surface area contributed by atoms with E-state index < -0.39 is 5.97 Å². The first-order valence-corrected chi connectivity index (χ1v) is 9.32. The van der Waals surface area contributed by atoms with Crippen molar-refractivity contribution in [3.63, 3.8) is 0 Å². The summed E-state index contributed by atoms with van der Waals surface area (Å²) in [6.45, 7) is 0.877. The molecule has 1 amide bonds. The Kier molecular flexibility index (Phi) is 5.93. The number of aliphatic carboxylic acids is 1. The molecule has 0 saturated carbocycles. The number of carbonyl (C=O) groups excluding carboxylic acids is 1. The molecule has 0 aromatic heterocycles. The summed E-state index contributed by atoms with van der Waals surface area (Å²) in [5.74, 6) is -0.637. The number of nitrogens with zero attached hydrogens (tertiary/aromatic N) is 1. The standard InChI is InChI=1S/C20H20BrNO4/c21-17-12-16(14-4-2-1-3-5-14)6-7-18(17)26-13-19(23)22-10-8-15(9-11-22)20(24)25/h1-7,12,15H,8-11,13H2,(H,24,25). The molecular formula is C20H20BrNO4. The lowest BCUT2D eigenvalue weighted by Gasteiger charge is -2.30. The number of carbonyl (C=O) groups is 2. The molecule has 0 aliphatic carbocycles. The van der Waals surface area contributed by atoms with Crippen LogP contribution in [0.5, 0.6) is 5.75 Å². The van der Waals surface area contributed by atoms with Crippen LogP contribution < -0.4 is 4.74 Å². The molecule has 1 N–H and O–H groups in total. The van der Waals surface area contributed by atoms with Crippen LogP contribution in [0.1, 0.15) is 12.8 Å². The number of carboxylic acid groups (broad SMARTS) is 1. The molecule has 1 aliphatic rings. The van der Waals surface area contributed by atoms with Gasteiger partial charge < -0.3 is 14.7 Å². The molecule has 1 saturated heterocycles. The maximum absolute atomic E-state index is 12.3. The first kappa shape index (κ1) is 18.5. The van der Waals surface area contributed by atoms with Gasteiger partial charge in [0.05, 0.1) is 10.4 Å². The SMILES string of the molecule is O=C(O)C1CCN(C(=O)COc2ccc(-c3ccccc3)cc2Br)CC1. The van der Waals surface area contributed by atoms with Crippen LogP contribution in [0, 0.1) is 5.92 Å². The maximum Gasteiger partial charge on any atom is 0.306 e. The van der Waals surface area contributed by atoms with Gasteiger partial charge in [-0.05, 0) is 52.0 Å². The van der Waals surface area contributed by atoms with Crippen molar-refractivity contribution in [1.29, 1.82) is 0 Å². The number of benzene rings is 2. The Morgan fingerprint density at radius 1 is 1.08 bits per heavy atom. The smallest absolute Gasteiger partial charge is 0.306 e. The van der Waals surface area contributed by atoms with E-state index in [4.69, 9.17) is 9.84 Å². The van der Waals surface area contributed by atoms with Gasteiger partial charge in [0, 0.05) is 13.1 Å². The monoisotopic (exact) mass is 417 g/mol. The first-order valence-electron chi connectivity index (χ1n) is 8.53. The molecule has 136 valence electrons. The number of likely N-dealkylation sites (tertiary alicyclic amines) is 1. The van der Waals surface area contributed by atoms with E-state index in [1.807, 2.05) is 48.5 Å². The van der Waals surface area contributed by atoms with Gasteiger partial charge in [0.2, 0.25) is 0 Å². The van der Waals surface area contributed by atoms with Gasteiger partial charge >= 0.3 is 5.97 Å². The lowest BCUT2D eigenvalue weighted by atomic mass is 9.97. The lowest BCUT2D eigenvalue weighted by Crippen LogP contribution is -2.42. The molecular weight excluding hydrogens is 398 g/mol. The van der Waals surface area contributed by atoms with E-state index in [0.717, 1.165) is 15.6 Å². The Morgan fingerprint density at radius 3 is 2.38 bits per heavy atom. The van der Waals surface area contributed by atoms with Crippen LogP contribution in [0.2, 0.25) is 0 Å². The van der Waals surface area contributed by atoms with Gasteiger partial charge in [-0.2, -0.15) is 0 Å². The van der Waals surface area contributed by atoms with Crippen molar-refractivity contribution in [3.05, 3.63) is 53.0 Å². The van der Waals surface area contributed by atoms with E-state index in [-0.39, 0.29) is 18.4 Å². The van der Waals surface area contributed by atoms with Gasteiger partial charge in [0.1, 0.15) is 5.75 Å². The minimum Gasteiger partial charge on any atom is -0.483 e. The average molecular weight is 418 g/mol. The molecule has 2 aromatic rings. The van der Waals surface area contributed by atoms with Crippen molar-refractivity contribution in [2.45, 2.75) is 12.8 Å². The van der Waals surface area contributed by atoms with E-state index >= 15 is 0 Å². The fourth-order valence-corrected chi connectivity index (χ4v) is 3.53. The first-order chi connectivity index (χ1) is 12.5. The molecule has 0 radical (unpaired) electrons. The van der Waals surface area contributed by atoms with Gasteiger partial charge in [-0.25, -0.2) is 0 Å². The van der Waals surface area contributed by atoms with E-state index in [0.29, 0.717) is 31.7 Å². The Labute approximate surface area is 160 Å². The summed E-state index contributed by atoms with van der Waals surface area (Å²) in [5, 5.41) is 9.02. The number of hydrogen-bond acceptors (Lipinski definition) is 3. The lowest BCUT2D eigenvalue weighted by molar-refractivity contribution is -0.146. The van der Waals surface area contributed by atoms with Crippen molar-refractivity contribution < 1.29 is 19.4 Å². The van der Waals surface area contributed by atoms with E-state index in [1.54, 1.807) is 4.90 Å². The second kappa shape index (κ2) is 8.36. The fraction of sp³-hybridized carbons (Fsp3) is 0.300. The van der Waals surface area contributed by atoms with Gasteiger partial charge in [0.25, 0.3) is 5.91 Å². The van der Waals surface area contributed by atoms with Gasteiger partial charge in [-0.3, -0.25) is 9.59 Å². The molecule has 0 atom stereocenters. The zero-order chi connectivity index (χ0) is 18.5. The fourth-order valence-electron chi connectivity index (χ4n) is 3.03. The van der Waals surface area contributed by atoms with Crippen molar-refractivity contribution >= 4 is 27.8 Å². The normalized spacial score (nSPS) is 14.9. The van der Waals surface area contributed by atoms with Crippen molar-refractivity contribution in [3.8, 4) is 16.9 Å². The summed E-state index contributed by atoms with van der Waals surface area (Å²) in [7, 11) is 0. The van der Waals surface area contributed by atoms with E-state index in [1.165, 1.54) is 0 Å². The third kappa shape index (κ3) is 4.43. The number of carboxylic acids is 1. The second-order valence-corrected chi connectivity index (χ2v) is 7.15. The van der Waals surface area contributed by atoms with Gasteiger partial charge in [-0.1, -0.05) is 36.4 Å². The predicted octanol–water partition coefficient (Wildman–Crippen LogP) is 3.82. The van der Waals surface area contributed by atoms with Crippen LogP contribution in [0.3, 0.4) is 0 Å². The zero-order valence-electron chi connectivity index (χ0n) is 14.2. The largest absolute Gasteiger partial charge is 0.483 e. The molecule has 0 bridgehead atoms. The Hall–Kier alpha value is -2.34. The molecule has 6 heteroatoms. The molecule has 3 rings (SSSR count). The van der Waals surface area contributed by atoms with Crippen molar-refractivity contribution in [2.24, 2.45) is 5.92 Å². The van der Waals surface area contributed by atoms with Crippen LogP contribution in [0.4, 0.5) is 0 Å². The topological polar surface area (TPSA) is 66.8 Å². The van der Waals surface area contributed by atoms with Crippen LogP contribution >= 0.6 is 15.9 Å². The molecule has 1 aliphatic heterocycles. The number of rotatable bonds is 5. The zero-order valence-corrected chi connectivity index (χ0v) is 15.8. The van der Waals surface area contributed by atoms with Gasteiger partial charge in [0.15, 0.2) is 6.61 Å². The third-order valence-corrected chi connectivity index (χ3v) is 5.21. The highest BCUT2D eigenvalue weighted by molar-refractivity contribution is 9.10. The number of hydrogen-bond donors (Lipinski definition) is 1. The summed E-state index contributed by atoms with van der Waals surface area (Å²) < 4.78 is 6.45. The Bertz CT molecular complexity index is 786. The van der Waals surface area contributed by atoms with E-state index in [2.05, 4.69) is 15.9 Å². The molecule has 2 aromatic carbocycles. The quantitative estimate of drug-likeness (QED) is 0.802. The summed E-state index contributed by atoms with van der Waals surface area (Å²) >= 11 is 3.50. The minimum absolute atomic E-state index is 0.0545. The highest BCUT2D eigenvalue weighted by atomic mass is 79.9. The molecule has 1 heterocycles. The number of ether oxygens (including phenoxy) is 1. The Morgan fingerprint density at radius 2 is 1.77 bits per heavy atom. The van der Waals surface area contributed by atoms with Crippen molar-refractivity contribution in [1.82, 2.24) is 4.90 Å². The number of amides is 1. The molecule has 0 spiro atoms. The summed E-state index contributed by atoms with van der Waals surface area (Å²) in [5.41, 5.74) is 2.17. The van der Waals surface area contributed by atoms with Crippen LogP contribution in [0.25, 0.3) is 11.1 Å². The average Bonchev–Trinajstić information content (AvgIpc) is 2.67. The predicted molar refractivity (Wildman–Crippen MR) is 102 cm³/mol.